The average molecular weight is 523 g/mol. The summed E-state index contributed by atoms with van der Waals surface area (Å²) in [6.07, 6.45) is 7.72. The molecule has 2 fully saturated rings. The van der Waals surface area contributed by atoms with Crippen molar-refractivity contribution in [1.29, 1.82) is 0 Å². The number of hydrogen-bond acceptors (Lipinski definition) is 3. The van der Waals surface area contributed by atoms with E-state index in [0.717, 1.165) is 70.5 Å². The average Bonchev–Trinajstić information content (AvgIpc) is 2.70. The number of carbonyl (C=O) groups excluding carboxylic acids is 1. The van der Waals surface area contributed by atoms with Crippen LogP contribution in [0.1, 0.15) is 79.1 Å². The van der Waals surface area contributed by atoms with Gasteiger partial charge in [-0.05, 0) is 45.4 Å². The Morgan fingerprint density at radius 3 is 2.38 bits per heavy atom. The van der Waals surface area contributed by atoms with E-state index in [-0.39, 0.29) is 41.4 Å². The van der Waals surface area contributed by atoms with Crippen molar-refractivity contribution in [3.63, 3.8) is 0 Å². The van der Waals surface area contributed by atoms with Crippen molar-refractivity contribution < 1.29 is 9.90 Å². The van der Waals surface area contributed by atoms with Gasteiger partial charge in [-0.25, -0.2) is 0 Å². The van der Waals surface area contributed by atoms with Crippen molar-refractivity contribution in [3.05, 3.63) is 0 Å². The molecule has 2 unspecified atom stereocenters. The normalized spacial score (nSPS) is 26.2. The number of carbonyl (C=O) groups is 1. The Labute approximate surface area is 194 Å². The molecule has 2 rings (SSSR count). The summed E-state index contributed by atoms with van der Waals surface area (Å²) < 4.78 is 0. The molecule has 0 aromatic rings. The van der Waals surface area contributed by atoms with Gasteiger partial charge >= 0.3 is 0 Å². The van der Waals surface area contributed by atoms with E-state index in [1.165, 1.54) is 6.42 Å². The van der Waals surface area contributed by atoms with Crippen LogP contribution in [-0.2, 0) is 4.79 Å². The van der Waals surface area contributed by atoms with Gasteiger partial charge in [0.25, 0.3) is 0 Å². The maximum absolute atomic E-state index is 12.6. The molecule has 0 aromatic carbocycles. The molecular weight excluding hydrogens is 479 g/mol. The summed E-state index contributed by atoms with van der Waals surface area (Å²) in [4.78, 5) is 19.4. The van der Waals surface area contributed by atoms with Gasteiger partial charge in [-0.15, -0.1) is 24.0 Å². The van der Waals surface area contributed by atoms with Crippen molar-refractivity contribution in [1.82, 2.24) is 15.5 Å². The zero-order chi connectivity index (χ0) is 20.6. The molecule has 0 spiro atoms. The van der Waals surface area contributed by atoms with Gasteiger partial charge in [0, 0.05) is 37.0 Å². The van der Waals surface area contributed by atoms with Crippen LogP contribution in [0.2, 0.25) is 0 Å². The van der Waals surface area contributed by atoms with E-state index in [4.69, 9.17) is 4.99 Å². The molecule has 0 bridgehead atoms. The molecule has 0 radical (unpaired) electrons. The third kappa shape index (κ3) is 7.56. The van der Waals surface area contributed by atoms with Crippen LogP contribution in [0.15, 0.2) is 4.99 Å². The number of likely N-dealkylation sites (tertiary alicyclic amines) is 1. The highest BCUT2D eigenvalue weighted by Gasteiger charge is 2.35. The first-order valence-electron chi connectivity index (χ1n) is 11.4. The molecule has 1 aliphatic heterocycles. The van der Waals surface area contributed by atoms with Crippen LogP contribution in [0.4, 0.5) is 0 Å². The fourth-order valence-corrected chi connectivity index (χ4v) is 4.48. The van der Waals surface area contributed by atoms with Crippen molar-refractivity contribution in [2.45, 2.75) is 91.2 Å². The fourth-order valence-electron chi connectivity index (χ4n) is 4.48. The largest absolute Gasteiger partial charge is 0.392 e. The standard InChI is InChI=1S/C22H42N4O2.HI/c1-5-17(6-2)20(28)26-14-11-18(12-15-26)25-21(23-7-3)24-16-22(4)13-9-8-10-19(22)27;/h17-19,27H,5-16H2,1-4H3,(H2,23,24,25);1H. The number of guanidine groups is 1. The predicted octanol–water partition coefficient (Wildman–Crippen LogP) is 3.53. The van der Waals surface area contributed by atoms with Gasteiger partial charge in [0.15, 0.2) is 5.96 Å². The maximum atomic E-state index is 12.6. The van der Waals surface area contributed by atoms with Crippen LogP contribution in [0, 0.1) is 11.3 Å². The lowest BCUT2D eigenvalue weighted by Gasteiger charge is -2.37. The monoisotopic (exact) mass is 522 g/mol. The predicted molar refractivity (Wildman–Crippen MR) is 131 cm³/mol. The fraction of sp³-hybridized carbons (Fsp3) is 0.909. The third-order valence-corrected chi connectivity index (χ3v) is 6.70. The molecule has 29 heavy (non-hydrogen) atoms. The molecule has 6 nitrogen and oxygen atoms in total. The molecule has 170 valence electrons. The number of amides is 1. The van der Waals surface area contributed by atoms with Crippen LogP contribution >= 0.6 is 24.0 Å². The number of nitrogens with one attached hydrogen (secondary N) is 2. The van der Waals surface area contributed by atoms with Crippen LogP contribution < -0.4 is 10.6 Å². The summed E-state index contributed by atoms with van der Waals surface area (Å²) in [7, 11) is 0. The lowest BCUT2D eigenvalue weighted by Crippen LogP contribution is -2.51. The molecule has 0 aromatic heterocycles. The van der Waals surface area contributed by atoms with Gasteiger partial charge in [0.1, 0.15) is 0 Å². The van der Waals surface area contributed by atoms with Gasteiger partial charge in [-0.2, -0.15) is 0 Å². The van der Waals surface area contributed by atoms with Gasteiger partial charge < -0.3 is 20.6 Å². The zero-order valence-electron chi connectivity index (χ0n) is 18.9. The van der Waals surface area contributed by atoms with Crippen LogP contribution in [-0.4, -0.2) is 60.2 Å². The van der Waals surface area contributed by atoms with Crippen molar-refractivity contribution in [3.8, 4) is 0 Å². The second kappa shape index (κ2) is 13.0. The third-order valence-electron chi connectivity index (χ3n) is 6.70. The lowest BCUT2D eigenvalue weighted by atomic mass is 9.73. The minimum atomic E-state index is -0.257. The number of piperidine rings is 1. The summed E-state index contributed by atoms with van der Waals surface area (Å²) in [6, 6.07) is 0.340. The van der Waals surface area contributed by atoms with Crippen LogP contribution in [0.3, 0.4) is 0 Å². The quantitative estimate of drug-likeness (QED) is 0.272. The summed E-state index contributed by atoms with van der Waals surface area (Å²) in [5.74, 6) is 1.33. The van der Waals surface area contributed by atoms with Crippen LogP contribution in [0.5, 0.6) is 0 Å². The van der Waals surface area contributed by atoms with E-state index >= 15 is 0 Å². The Balaban J connectivity index is 0.00000420. The highest BCUT2D eigenvalue weighted by Crippen LogP contribution is 2.36. The Morgan fingerprint density at radius 2 is 1.83 bits per heavy atom. The number of hydrogen-bond donors (Lipinski definition) is 3. The molecule has 1 saturated carbocycles. The number of halogens is 1. The first-order valence-corrected chi connectivity index (χ1v) is 11.4. The van der Waals surface area contributed by atoms with Gasteiger partial charge in [-0.1, -0.05) is 33.6 Å². The summed E-state index contributed by atoms with van der Waals surface area (Å²) in [5, 5.41) is 17.3. The molecule has 1 amide bonds. The number of rotatable bonds is 7. The zero-order valence-corrected chi connectivity index (χ0v) is 21.2. The minimum absolute atomic E-state index is 0. The Hall–Kier alpha value is -0.570. The van der Waals surface area contributed by atoms with E-state index < -0.39 is 0 Å². The molecule has 1 aliphatic carbocycles. The highest BCUT2D eigenvalue weighted by molar-refractivity contribution is 14.0. The minimum Gasteiger partial charge on any atom is -0.392 e. The molecule has 3 N–H and O–H groups in total. The summed E-state index contributed by atoms with van der Waals surface area (Å²) in [5.41, 5.74) is -0.119. The first-order chi connectivity index (χ1) is 13.4. The number of aliphatic hydroxyl groups is 1. The van der Waals surface area contributed by atoms with E-state index in [1.54, 1.807) is 0 Å². The van der Waals surface area contributed by atoms with E-state index in [0.29, 0.717) is 18.5 Å². The Kier molecular flexibility index (Phi) is 11.8. The summed E-state index contributed by atoms with van der Waals surface area (Å²) in [6.45, 7) is 11.5. The van der Waals surface area contributed by atoms with E-state index in [9.17, 15) is 9.90 Å². The molecular formula is C22H43IN4O2. The van der Waals surface area contributed by atoms with Crippen molar-refractivity contribution in [2.24, 2.45) is 16.3 Å². The Bertz CT molecular complexity index is 519. The topological polar surface area (TPSA) is 77.0 Å². The molecule has 7 heteroatoms. The molecule has 1 heterocycles. The number of nitrogens with zero attached hydrogens (tertiary/aromatic N) is 2. The van der Waals surface area contributed by atoms with Gasteiger partial charge in [0.05, 0.1) is 12.6 Å². The molecule has 2 aliphatic rings. The second-order valence-electron chi connectivity index (χ2n) is 8.87. The van der Waals surface area contributed by atoms with Crippen molar-refractivity contribution in [2.75, 3.05) is 26.2 Å². The van der Waals surface area contributed by atoms with Gasteiger partial charge in [-0.3, -0.25) is 9.79 Å². The molecule has 2 atom stereocenters. The number of aliphatic hydroxyl groups excluding tert-OH is 1. The highest BCUT2D eigenvalue weighted by atomic mass is 127. The van der Waals surface area contributed by atoms with E-state index in [1.807, 2.05) is 4.90 Å². The SMILES string of the molecule is CCNC(=NCC1(C)CCCCC1O)NC1CCN(C(=O)C(CC)CC)CC1.I. The van der Waals surface area contributed by atoms with Gasteiger partial charge in [0.2, 0.25) is 5.91 Å². The second-order valence-corrected chi connectivity index (χ2v) is 8.87. The maximum Gasteiger partial charge on any atom is 0.225 e. The smallest absolute Gasteiger partial charge is 0.225 e. The lowest BCUT2D eigenvalue weighted by molar-refractivity contribution is -0.136. The van der Waals surface area contributed by atoms with Crippen molar-refractivity contribution >= 4 is 35.8 Å². The molecule has 1 saturated heterocycles. The number of aliphatic imine (C=N–C) groups is 1. The van der Waals surface area contributed by atoms with E-state index in [2.05, 4.69) is 38.3 Å². The summed E-state index contributed by atoms with van der Waals surface area (Å²) >= 11 is 0. The first kappa shape index (κ1) is 26.5. The van der Waals surface area contributed by atoms with Crippen LogP contribution in [0.25, 0.3) is 0 Å². The Morgan fingerprint density at radius 1 is 1.17 bits per heavy atom.